The number of amides is 2. The molecule has 2 atom stereocenters. The minimum Gasteiger partial charge on any atom is -0.382 e. The number of anilines is 1. The molecule has 1 N–H and O–H groups in total. The highest BCUT2D eigenvalue weighted by Crippen LogP contribution is 2.35. The molecule has 1 aromatic rings. The molecule has 5 nitrogen and oxygen atoms in total. The van der Waals surface area contributed by atoms with E-state index in [1.807, 2.05) is 30.0 Å². The van der Waals surface area contributed by atoms with Crippen LogP contribution in [-0.4, -0.2) is 38.1 Å². The van der Waals surface area contributed by atoms with Gasteiger partial charge in [0.25, 0.3) is 0 Å². The molecule has 26 heavy (non-hydrogen) atoms. The third kappa shape index (κ3) is 4.26. The van der Waals surface area contributed by atoms with Crippen molar-refractivity contribution in [2.45, 2.75) is 45.4 Å². The van der Waals surface area contributed by atoms with Gasteiger partial charge in [-0.1, -0.05) is 31.0 Å². The van der Waals surface area contributed by atoms with Gasteiger partial charge in [-0.3, -0.25) is 9.59 Å². The summed E-state index contributed by atoms with van der Waals surface area (Å²) < 4.78 is 5.31. The number of fused-ring (bicyclic) bond motifs is 1. The van der Waals surface area contributed by atoms with Crippen LogP contribution in [0.25, 0.3) is 0 Å². The number of ether oxygens (including phenoxy) is 1. The molecule has 0 spiro atoms. The van der Waals surface area contributed by atoms with Gasteiger partial charge in [-0.2, -0.15) is 0 Å². The van der Waals surface area contributed by atoms with Gasteiger partial charge in [0.15, 0.2) is 0 Å². The van der Waals surface area contributed by atoms with Crippen LogP contribution in [0.4, 0.5) is 5.69 Å². The van der Waals surface area contributed by atoms with Gasteiger partial charge in [0.05, 0.1) is 5.92 Å². The second-order valence-corrected chi connectivity index (χ2v) is 7.21. The molecule has 1 aliphatic heterocycles. The number of nitrogens with zero attached hydrogens (tertiary/aromatic N) is 1. The highest BCUT2D eigenvalue weighted by Gasteiger charge is 2.39. The molecule has 1 heterocycles. The Balaban J connectivity index is 1.62. The number of carbonyl (C=O) groups is 2. The van der Waals surface area contributed by atoms with E-state index in [0.717, 1.165) is 50.8 Å². The fourth-order valence-corrected chi connectivity index (χ4v) is 4.17. The summed E-state index contributed by atoms with van der Waals surface area (Å²) in [5.41, 5.74) is 2.26. The highest BCUT2D eigenvalue weighted by molar-refractivity contribution is 5.99. The topological polar surface area (TPSA) is 58.6 Å². The van der Waals surface area contributed by atoms with Crippen molar-refractivity contribution in [1.82, 2.24) is 5.32 Å². The predicted octanol–water partition coefficient (Wildman–Crippen LogP) is 2.92. The van der Waals surface area contributed by atoms with E-state index in [1.165, 1.54) is 5.56 Å². The van der Waals surface area contributed by atoms with Gasteiger partial charge in [-0.15, -0.1) is 0 Å². The van der Waals surface area contributed by atoms with E-state index < -0.39 is 0 Å². The first-order valence-electron chi connectivity index (χ1n) is 9.97. The molecule has 1 saturated carbocycles. The van der Waals surface area contributed by atoms with Crippen molar-refractivity contribution in [3.05, 3.63) is 29.8 Å². The molecule has 2 aliphatic rings. The van der Waals surface area contributed by atoms with Crippen LogP contribution in [-0.2, 0) is 20.7 Å². The molecule has 2 unspecified atom stereocenters. The van der Waals surface area contributed by atoms with E-state index in [0.29, 0.717) is 19.8 Å². The summed E-state index contributed by atoms with van der Waals surface area (Å²) in [6.45, 7) is 4.67. The lowest BCUT2D eigenvalue weighted by Gasteiger charge is -2.32. The zero-order valence-corrected chi connectivity index (χ0v) is 15.7. The molecular formula is C21H30N2O3. The first-order chi connectivity index (χ1) is 12.7. The summed E-state index contributed by atoms with van der Waals surface area (Å²) in [7, 11) is 0. The van der Waals surface area contributed by atoms with Crippen LogP contribution in [0.5, 0.6) is 0 Å². The minimum atomic E-state index is -0.198. The maximum Gasteiger partial charge on any atom is 0.230 e. The standard InChI is InChI=1S/C21H30N2O3/c1-2-26-15-7-13-22-20(24)17-9-4-5-10-18(17)21(25)23-14-12-16-8-3-6-11-19(16)23/h3,6,8,11,17-18H,2,4-5,7,9-10,12-15H2,1H3,(H,22,24). The summed E-state index contributed by atoms with van der Waals surface area (Å²) in [4.78, 5) is 27.8. The molecule has 2 amide bonds. The molecule has 1 aliphatic carbocycles. The maximum atomic E-state index is 13.2. The van der Waals surface area contributed by atoms with Crippen molar-refractivity contribution in [2.75, 3.05) is 31.2 Å². The number of hydrogen-bond acceptors (Lipinski definition) is 3. The van der Waals surface area contributed by atoms with E-state index in [-0.39, 0.29) is 23.7 Å². The molecule has 3 rings (SSSR count). The van der Waals surface area contributed by atoms with Crippen molar-refractivity contribution in [1.29, 1.82) is 0 Å². The van der Waals surface area contributed by atoms with Crippen molar-refractivity contribution in [2.24, 2.45) is 11.8 Å². The molecule has 1 aromatic carbocycles. The third-order valence-electron chi connectivity index (χ3n) is 5.54. The van der Waals surface area contributed by atoms with Gasteiger partial charge in [0.1, 0.15) is 0 Å². The Bertz CT molecular complexity index is 631. The van der Waals surface area contributed by atoms with E-state index in [4.69, 9.17) is 4.74 Å². The van der Waals surface area contributed by atoms with Gasteiger partial charge < -0.3 is 15.0 Å². The smallest absolute Gasteiger partial charge is 0.230 e. The van der Waals surface area contributed by atoms with Gasteiger partial charge >= 0.3 is 0 Å². The lowest BCUT2D eigenvalue weighted by atomic mass is 9.77. The average molecular weight is 358 g/mol. The van der Waals surface area contributed by atoms with Crippen LogP contribution >= 0.6 is 0 Å². The van der Waals surface area contributed by atoms with Crippen molar-refractivity contribution in [3.8, 4) is 0 Å². The first-order valence-corrected chi connectivity index (χ1v) is 9.97. The van der Waals surface area contributed by atoms with Crippen LogP contribution in [0.15, 0.2) is 24.3 Å². The molecule has 5 heteroatoms. The number of nitrogens with one attached hydrogen (secondary N) is 1. The zero-order valence-electron chi connectivity index (χ0n) is 15.7. The summed E-state index contributed by atoms with van der Waals surface area (Å²) in [6.07, 6.45) is 5.39. The normalized spacial score (nSPS) is 22.1. The molecule has 0 bridgehead atoms. The second kappa shape index (κ2) is 9.17. The Kier molecular flexibility index (Phi) is 6.67. The summed E-state index contributed by atoms with van der Waals surface area (Å²) in [6, 6.07) is 8.11. The quantitative estimate of drug-likeness (QED) is 0.763. The van der Waals surface area contributed by atoms with Gasteiger partial charge in [-0.05, 0) is 44.2 Å². The van der Waals surface area contributed by atoms with Gasteiger partial charge in [0.2, 0.25) is 11.8 Å². The van der Waals surface area contributed by atoms with E-state index in [2.05, 4.69) is 11.4 Å². The molecule has 1 fully saturated rings. The number of para-hydroxylation sites is 1. The summed E-state index contributed by atoms with van der Waals surface area (Å²) in [5, 5.41) is 3.02. The molecule has 0 radical (unpaired) electrons. The van der Waals surface area contributed by atoms with Crippen molar-refractivity contribution >= 4 is 17.5 Å². The van der Waals surface area contributed by atoms with E-state index in [1.54, 1.807) is 0 Å². The number of benzene rings is 1. The predicted molar refractivity (Wildman–Crippen MR) is 102 cm³/mol. The Morgan fingerprint density at radius 3 is 2.77 bits per heavy atom. The Morgan fingerprint density at radius 1 is 1.19 bits per heavy atom. The SMILES string of the molecule is CCOCCCNC(=O)C1CCCCC1C(=O)N1CCc2ccccc21. The van der Waals surface area contributed by atoms with Crippen LogP contribution in [0.1, 0.15) is 44.6 Å². The molecular weight excluding hydrogens is 328 g/mol. The summed E-state index contributed by atoms with van der Waals surface area (Å²) >= 11 is 0. The zero-order chi connectivity index (χ0) is 18.4. The fraction of sp³-hybridized carbons (Fsp3) is 0.619. The van der Waals surface area contributed by atoms with Crippen LogP contribution in [0.3, 0.4) is 0 Å². The average Bonchev–Trinajstić information content (AvgIpc) is 3.11. The van der Waals surface area contributed by atoms with Crippen LogP contribution < -0.4 is 10.2 Å². The third-order valence-corrected chi connectivity index (χ3v) is 5.54. The van der Waals surface area contributed by atoms with E-state index >= 15 is 0 Å². The minimum absolute atomic E-state index is 0.0343. The maximum absolute atomic E-state index is 13.2. The van der Waals surface area contributed by atoms with E-state index in [9.17, 15) is 9.59 Å². The van der Waals surface area contributed by atoms with Crippen molar-refractivity contribution < 1.29 is 14.3 Å². The number of carbonyl (C=O) groups excluding carboxylic acids is 2. The van der Waals surface area contributed by atoms with Gasteiger partial charge in [-0.25, -0.2) is 0 Å². The van der Waals surface area contributed by atoms with Crippen LogP contribution in [0, 0.1) is 11.8 Å². The number of rotatable bonds is 7. The highest BCUT2D eigenvalue weighted by atomic mass is 16.5. The second-order valence-electron chi connectivity index (χ2n) is 7.21. The number of hydrogen-bond donors (Lipinski definition) is 1. The monoisotopic (exact) mass is 358 g/mol. The summed E-state index contributed by atoms with van der Waals surface area (Å²) in [5.74, 6) is -0.228. The molecule has 142 valence electrons. The van der Waals surface area contributed by atoms with Crippen molar-refractivity contribution in [3.63, 3.8) is 0 Å². The fourth-order valence-electron chi connectivity index (χ4n) is 4.17. The Morgan fingerprint density at radius 2 is 1.96 bits per heavy atom. The first kappa shape index (κ1) is 18.9. The Labute approximate surface area is 156 Å². The lowest BCUT2D eigenvalue weighted by molar-refractivity contribution is -0.135. The molecule has 0 saturated heterocycles. The van der Waals surface area contributed by atoms with Crippen LogP contribution in [0.2, 0.25) is 0 Å². The lowest BCUT2D eigenvalue weighted by Crippen LogP contribution is -2.45. The Hall–Kier alpha value is -1.88. The largest absolute Gasteiger partial charge is 0.382 e. The van der Waals surface area contributed by atoms with Gasteiger partial charge in [0, 0.05) is 37.9 Å². The molecule has 0 aromatic heterocycles.